The van der Waals surface area contributed by atoms with E-state index in [-0.39, 0.29) is 0 Å². The number of anilines is 2. The van der Waals surface area contributed by atoms with E-state index in [9.17, 15) is 5.11 Å². The van der Waals surface area contributed by atoms with Crippen LogP contribution in [0.1, 0.15) is 22.3 Å². The van der Waals surface area contributed by atoms with Crippen molar-refractivity contribution in [3.05, 3.63) is 90.1 Å². The van der Waals surface area contributed by atoms with Crippen LogP contribution in [0.5, 0.6) is 5.75 Å². The Morgan fingerprint density at radius 3 is 2.10 bits per heavy atom. The average molecular weight is 646 g/mol. The first-order valence-electron chi connectivity index (χ1n) is 9.75. The number of nitrogen functional groups attached to an aromatic ring is 2. The van der Waals surface area contributed by atoms with Gasteiger partial charge in [0, 0.05) is 24.1 Å². The zero-order valence-corrected chi connectivity index (χ0v) is 21.7. The van der Waals surface area contributed by atoms with E-state index in [4.69, 9.17) is 11.5 Å². The van der Waals surface area contributed by atoms with E-state index in [0.717, 1.165) is 45.9 Å². The van der Waals surface area contributed by atoms with E-state index in [2.05, 4.69) is 90.8 Å². The van der Waals surface area contributed by atoms with E-state index in [0.29, 0.717) is 11.4 Å². The fourth-order valence-corrected chi connectivity index (χ4v) is 7.06. The van der Waals surface area contributed by atoms with Crippen molar-refractivity contribution < 1.29 is 5.11 Å². The third-order valence-electron chi connectivity index (χ3n) is 6.45. The summed E-state index contributed by atoms with van der Waals surface area (Å²) in [5.41, 5.74) is 22.3. The van der Waals surface area contributed by atoms with Crippen molar-refractivity contribution in [2.24, 2.45) is 0 Å². The summed E-state index contributed by atoms with van der Waals surface area (Å²) in [7, 11) is 2.86. The van der Waals surface area contributed by atoms with Gasteiger partial charge >= 0.3 is 0 Å². The number of rotatable bonds is 0. The quantitative estimate of drug-likeness (QED) is 0.114. The Kier molecular flexibility index (Phi) is 4.22. The predicted octanol–water partition coefficient (Wildman–Crippen LogP) is 5.61. The molecule has 0 saturated heterocycles. The molecule has 5 N–H and O–H groups in total. The third kappa shape index (κ3) is 2.48. The Bertz CT molecular complexity index is 1350. The fraction of sp³-hybridized carbons (Fsp3) is 0.0400. The van der Waals surface area contributed by atoms with E-state index in [1.165, 1.54) is 16.7 Å². The molecule has 0 amide bonds. The first kappa shape index (κ1) is 19.8. The molecule has 2 unspecified atom stereocenters. The first-order chi connectivity index (χ1) is 14.8. The molecule has 0 fully saturated rings. The second-order valence-corrected chi connectivity index (χ2v) is 11.2. The van der Waals surface area contributed by atoms with Gasteiger partial charge in [0.1, 0.15) is 5.75 Å². The molecule has 0 heterocycles. The Labute approximate surface area is 209 Å². The van der Waals surface area contributed by atoms with Crippen LogP contribution in [0, 0.1) is 7.14 Å². The van der Waals surface area contributed by atoms with Gasteiger partial charge in [0.05, 0.1) is 5.41 Å². The molecule has 0 bridgehead atoms. The van der Waals surface area contributed by atoms with E-state index < -0.39 is 5.41 Å². The van der Waals surface area contributed by atoms with E-state index >= 15 is 0 Å². The maximum atomic E-state index is 11.1. The van der Waals surface area contributed by atoms with Crippen LogP contribution in [-0.2, 0) is 5.41 Å². The van der Waals surface area contributed by atoms with Crippen LogP contribution in [0.25, 0.3) is 22.3 Å². The molecule has 152 valence electrons. The van der Waals surface area contributed by atoms with Crippen LogP contribution in [0.15, 0.2) is 60.7 Å². The van der Waals surface area contributed by atoms with E-state index in [1.807, 2.05) is 24.3 Å². The lowest BCUT2D eigenvalue weighted by Gasteiger charge is -2.31. The summed E-state index contributed by atoms with van der Waals surface area (Å²) in [6.07, 6.45) is 0. The number of phenols is 1. The maximum Gasteiger partial charge on any atom is 0.124 e. The highest BCUT2D eigenvalue weighted by Crippen LogP contribution is 2.64. The minimum absolute atomic E-state index is 0.292. The number of fused-ring (bicyclic) bond motifs is 10. The number of nitrogens with two attached hydrogens (primary N) is 2. The molecule has 4 aromatic carbocycles. The summed E-state index contributed by atoms with van der Waals surface area (Å²) in [4.78, 5) is 0. The lowest BCUT2D eigenvalue weighted by molar-refractivity contribution is 0.476. The highest BCUT2D eigenvalue weighted by molar-refractivity contribution is 14.1. The van der Waals surface area contributed by atoms with Crippen LogP contribution in [0.4, 0.5) is 11.4 Å². The minimum atomic E-state index is -0.578. The molecule has 2 atom stereocenters. The standard InChI is InChI=1S/C25H17I2N2OP/c26-11-1-3-16-17(5-11)25(20-9-14(29)10-22(31)24(16)20)18-8-13(28)2-4-15(18)23-19(25)6-12(27)7-21(23)30/h1-10,30H,28-29,31H2. The van der Waals surface area contributed by atoms with Crippen LogP contribution < -0.4 is 16.8 Å². The zero-order valence-electron chi connectivity index (χ0n) is 16.2. The SMILES string of the molecule is Nc1ccc2c(c1)C1(c3cc(I)ccc3-c3c(P)cc(N)cc31)c1cc(I)cc(O)c1-2. The van der Waals surface area contributed by atoms with Gasteiger partial charge in [-0.1, -0.05) is 12.1 Å². The zero-order chi connectivity index (χ0) is 21.7. The summed E-state index contributed by atoms with van der Waals surface area (Å²) in [6.45, 7) is 0. The van der Waals surface area contributed by atoms with Crippen molar-refractivity contribution in [3.8, 4) is 28.0 Å². The Morgan fingerprint density at radius 2 is 1.29 bits per heavy atom. The normalized spacial score (nSPS) is 17.4. The Balaban J connectivity index is 1.91. The van der Waals surface area contributed by atoms with Crippen molar-refractivity contribution >= 4 is 71.1 Å². The molecule has 4 aromatic rings. The van der Waals surface area contributed by atoms with Gasteiger partial charge in [-0.05, 0) is 138 Å². The summed E-state index contributed by atoms with van der Waals surface area (Å²) >= 11 is 4.65. The topological polar surface area (TPSA) is 72.3 Å². The maximum absolute atomic E-state index is 11.1. The van der Waals surface area contributed by atoms with Crippen LogP contribution in [0.3, 0.4) is 0 Å². The average Bonchev–Trinajstić information content (AvgIpc) is 3.14. The molecule has 6 heteroatoms. The van der Waals surface area contributed by atoms with Gasteiger partial charge in [-0.3, -0.25) is 0 Å². The molecule has 31 heavy (non-hydrogen) atoms. The molecule has 0 aromatic heterocycles. The summed E-state index contributed by atoms with van der Waals surface area (Å²) < 4.78 is 2.15. The number of hydrogen-bond donors (Lipinski definition) is 3. The van der Waals surface area contributed by atoms with Crippen molar-refractivity contribution in [1.29, 1.82) is 0 Å². The summed E-state index contributed by atoms with van der Waals surface area (Å²) in [6, 6.07) is 20.7. The van der Waals surface area contributed by atoms with Crippen molar-refractivity contribution in [2.75, 3.05) is 11.5 Å². The highest BCUT2D eigenvalue weighted by Gasteiger charge is 2.53. The molecule has 2 aliphatic rings. The van der Waals surface area contributed by atoms with Gasteiger partial charge in [0.25, 0.3) is 0 Å². The van der Waals surface area contributed by atoms with Gasteiger partial charge in [0.2, 0.25) is 0 Å². The number of benzene rings is 4. The highest BCUT2D eigenvalue weighted by atomic mass is 127. The second kappa shape index (κ2) is 6.59. The number of aromatic hydroxyl groups is 1. The van der Waals surface area contributed by atoms with Crippen molar-refractivity contribution in [1.82, 2.24) is 0 Å². The van der Waals surface area contributed by atoms with Crippen molar-refractivity contribution in [2.45, 2.75) is 5.41 Å². The van der Waals surface area contributed by atoms with Gasteiger partial charge < -0.3 is 16.6 Å². The van der Waals surface area contributed by atoms with Gasteiger partial charge in [-0.25, -0.2) is 0 Å². The molecule has 3 nitrogen and oxygen atoms in total. The number of hydrogen-bond acceptors (Lipinski definition) is 3. The monoisotopic (exact) mass is 646 g/mol. The van der Waals surface area contributed by atoms with E-state index in [1.54, 1.807) is 0 Å². The smallest absolute Gasteiger partial charge is 0.124 e. The molecular weight excluding hydrogens is 629 g/mol. The van der Waals surface area contributed by atoms with Crippen molar-refractivity contribution in [3.63, 3.8) is 0 Å². The Morgan fingerprint density at radius 1 is 0.677 bits per heavy atom. The van der Waals surface area contributed by atoms with Crippen LogP contribution in [0.2, 0.25) is 0 Å². The first-order valence-corrected chi connectivity index (χ1v) is 12.5. The lowest BCUT2D eigenvalue weighted by atomic mass is 9.70. The van der Waals surface area contributed by atoms with Gasteiger partial charge in [0.15, 0.2) is 0 Å². The van der Waals surface area contributed by atoms with Gasteiger partial charge in [-0.15, -0.1) is 9.24 Å². The third-order valence-corrected chi connectivity index (χ3v) is 8.20. The second-order valence-electron chi connectivity index (χ2n) is 8.13. The molecular formula is C25H17I2N2OP. The number of halogens is 2. The molecule has 1 spiro atoms. The van der Waals surface area contributed by atoms with Crippen LogP contribution >= 0.6 is 54.4 Å². The largest absolute Gasteiger partial charge is 0.507 e. The number of phenolic OH excluding ortho intramolecular Hbond substituents is 1. The molecule has 0 aliphatic heterocycles. The minimum Gasteiger partial charge on any atom is -0.507 e. The molecule has 6 rings (SSSR count). The fourth-order valence-electron chi connectivity index (χ4n) is 5.46. The van der Waals surface area contributed by atoms with Crippen LogP contribution in [-0.4, -0.2) is 5.11 Å². The summed E-state index contributed by atoms with van der Waals surface area (Å²) in [5.74, 6) is 0.292. The molecule has 0 radical (unpaired) electrons. The molecule has 2 aliphatic carbocycles. The summed E-state index contributed by atoms with van der Waals surface area (Å²) in [5, 5.41) is 12.1. The Hall–Kier alpha value is -1.83. The lowest BCUT2D eigenvalue weighted by Crippen LogP contribution is -2.27. The molecule has 0 saturated carbocycles. The predicted molar refractivity (Wildman–Crippen MR) is 148 cm³/mol. The van der Waals surface area contributed by atoms with Gasteiger partial charge in [-0.2, -0.15) is 0 Å².